The third-order valence-electron chi connectivity index (χ3n) is 3.96. The van der Waals surface area contributed by atoms with Crippen LogP contribution in [0.2, 0.25) is 0 Å². The number of nitrogens with zero attached hydrogens (tertiary/aromatic N) is 1. The van der Waals surface area contributed by atoms with Gasteiger partial charge in [-0.05, 0) is 30.4 Å². The second kappa shape index (κ2) is 5.03. The summed E-state index contributed by atoms with van der Waals surface area (Å²) in [5.74, 6) is -0.106. The van der Waals surface area contributed by atoms with E-state index in [4.69, 9.17) is 0 Å². The lowest BCUT2D eigenvalue weighted by atomic mass is 10.1. The van der Waals surface area contributed by atoms with Gasteiger partial charge >= 0.3 is 0 Å². The number of fused-ring (bicyclic) bond motifs is 1. The summed E-state index contributed by atoms with van der Waals surface area (Å²) < 4.78 is 23.6. The van der Waals surface area contributed by atoms with Crippen molar-refractivity contribution >= 4 is 17.2 Å². The third kappa shape index (κ3) is 2.31. The minimum absolute atomic E-state index is 0.106. The molecule has 0 aromatic heterocycles. The Labute approximate surface area is 114 Å². The van der Waals surface area contributed by atoms with Gasteiger partial charge in [0.1, 0.15) is 0 Å². The number of hydrogen-bond acceptors (Lipinski definition) is 3. The molecule has 1 aliphatic heterocycles. The normalized spacial score (nSPS) is 27.6. The smallest absolute Gasteiger partial charge is 0.241 e. The zero-order chi connectivity index (χ0) is 13.4. The summed E-state index contributed by atoms with van der Waals surface area (Å²) in [7, 11) is 0. The van der Waals surface area contributed by atoms with Crippen LogP contribution >= 0.6 is 0 Å². The van der Waals surface area contributed by atoms with Crippen molar-refractivity contribution in [1.29, 1.82) is 0 Å². The molecule has 0 saturated carbocycles. The summed E-state index contributed by atoms with van der Waals surface area (Å²) in [5.41, 5.74) is 2.50. The van der Waals surface area contributed by atoms with Crippen molar-refractivity contribution in [1.82, 2.24) is 9.62 Å². The van der Waals surface area contributed by atoms with Gasteiger partial charge in [-0.2, -0.15) is 0 Å². The molecule has 1 saturated heterocycles. The Morgan fingerprint density at radius 1 is 1.32 bits per heavy atom. The van der Waals surface area contributed by atoms with Crippen LogP contribution < -0.4 is 4.72 Å². The van der Waals surface area contributed by atoms with Gasteiger partial charge in [0.25, 0.3) is 0 Å². The molecule has 1 fully saturated rings. The SMILES string of the molecule is O=C1C(NS(=O)[O-])CCN1C1CCc2ccccc21. The summed E-state index contributed by atoms with van der Waals surface area (Å²) >= 11 is -2.39. The van der Waals surface area contributed by atoms with E-state index in [0.29, 0.717) is 13.0 Å². The number of aryl methyl sites for hydroxylation is 1. The number of amides is 1. The molecule has 3 atom stereocenters. The molecule has 0 radical (unpaired) electrons. The molecule has 0 spiro atoms. The monoisotopic (exact) mass is 279 g/mol. The average molecular weight is 279 g/mol. The van der Waals surface area contributed by atoms with Gasteiger partial charge in [-0.3, -0.25) is 9.00 Å². The fourth-order valence-electron chi connectivity index (χ4n) is 3.10. The predicted octanol–water partition coefficient (Wildman–Crippen LogP) is 0.658. The van der Waals surface area contributed by atoms with Crippen LogP contribution in [0.4, 0.5) is 0 Å². The van der Waals surface area contributed by atoms with Crippen LogP contribution in [0.15, 0.2) is 24.3 Å². The maximum absolute atomic E-state index is 12.2. The summed E-state index contributed by atoms with van der Waals surface area (Å²) in [5, 5.41) is 0. The molecule has 1 amide bonds. The van der Waals surface area contributed by atoms with Crippen LogP contribution in [-0.4, -0.2) is 32.2 Å². The van der Waals surface area contributed by atoms with E-state index in [1.54, 1.807) is 0 Å². The number of carbonyl (C=O) groups excluding carboxylic acids is 1. The van der Waals surface area contributed by atoms with E-state index < -0.39 is 17.3 Å². The Kier molecular flexibility index (Phi) is 3.38. The Balaban J connectivity index is 1.78. The third-order valence-corrected chi connectivity index (χ3v) is 4.43. The van der Waals surface area contributed by atoms with E-state index in [0.717, 1.165) is 12.8 Å². The van der Waals surface area contributed by atoms with E-state index in [1.807, 2.05) is 17.0 Å². The number of carbonyl (C=O) groups is 1. The van der Waals surface area contributed by atoms with Crippen LogP contribution in [0, 0.1) is 0 Å². The van der Waals surface area contributed by atoms with Crippen LogP contribution in [-0.2, 0) is 22.5 Å². The van der Waals surface area contributed by atoms with E-state index >= 15 is 0 Å². The van der Waals surface area contributed by atoms with Crippen LogP contribution in [0.1, 0.15) is 30.0 Å². The molecule has 1 N–H and O–H groups in total. The van der Waals surface area contributed by atoms with Crippen molar-refractivity contribution in [2.75, 3.05) is 6.54 Å². The first-order valence-corrected chi connectivity index (χ1v) is 7.48. The summed E-state index contributed by atoms with van der Waals surface area (Å²) in [6.45, 7) is 0.618. The number of rotatable bonds is 3. The van der Waals surface area contributed by atoms with Gasteiger partial charge in [0.15, 0.2) is 0 Å². The molecule has 1 heterocycles. The first-order valence-electron chi connectivity index (χ1n) is 6.40. The minimum atomic E-state index is -2.39. The molecule has 1 aromatic rings. The highest BCUT2D eigenvalue weighted by Crippen LogP contribution is 2.37. The topological polar surface area (TPSA) is 72.5 Å². The van der Waals surface area contributed by atoms with Gasteiger partial charge < -0.3 is 9.45 Å². The van der Waals surface area contributed by atoms with Gasteiger partial charge in [0.2, 0.25) is 5.91 Å². The zero-order valence-corrected chi connectivity index (χ0v) is 11.2. The van der Waals surface area contributed by atoms with Gasteiger partial charge in [0, 0.05) is 17.8 Å². The number of nitrogens with one attached hydrogen (secondary N) is 1. The lowest BCUT2D eigenvalue weighted by molar-refractivity contribution is -0.131. The second-order valence-corrected chi connectivity index (χ2v) is 5.68. The van der Waals surface area contributed by atoms with Gasteiger partial charge in [-0.25, -0.2) is 4.72 Å². The van der Waals surface area contributed by atoms with Crippen LogP contribution in [0.25, 0.3) is 0 Å². The highest BCUT2D eigenvalue weighted by molar-refractivity contribution is 7.77. The van der Waals surface area contributed by atoms with Gasteiger partial charge in [0.05, 0.1) is 12.1 Å². The molecule has 3 rings (SSSR count). The molecule has 5 nitrogen and oxygen atoms in total. The molecule has 102 valence electrons. The first-order chi connectivity index (χ1) is 9.16. The maximum atomic E-state index is 12.2. The summed E-state index contributed by atoms with van der Waals surface area (Å²) in [4.78, 5) is 14.0. The quantitative estimate of drug-likeness (QED) is 0.826. The van der Waals surface area contributed by atoms with Crippen molar-refractivity contribution in [2.45, 2.75) is 31.3 Å². The molecular formula is C13H15N2O3S-. The molecule has 1 aromatic carbocycles. The van der Waals surface area contributed by atoms with Gasteiger partial charge in [-0.1, -0.05) is 24.3 Å². The van der Waals surface area contributed by atoms with Crippen LogP contribution in [0.5, 0.6) is 0 Å². The van der Waals surface area contributed by atoms with Crippen molar-refractivity contribution in [3.05, 3.63) is 35.4 Å². The second-order valence-electron chi connectivity index (χ2n) is 4.98. The molecular weight excluding hydrogens is 264 g/mol. The molecule has 6 heteroatoms. The molecule has 19 heavy (non-hydrogen) atoms. The molecule has 3 unspecified atom stereocenters. The summed E-state index contributed by atoms with van der Waals surface area (Å²) in [6.07, 6.45) is 2.46. The standard InChI is InChI=1S/C13H16N2O3S/c16-13-11(14-19(17)18)7-8-15(13)12-6-5-9-3-1-2-4-10(9)12/h1-4,11-12,14H,5-8H2,(H,17,18)/p-1. The lowest BCUT2D eigenvalue weighted by Gasteiger charge is -2.25. The fraction of sp³-hybridized carbons (Fsp3) is 0.462. The van der Waals surface area contributed by atoms with Crippen molar-refractivity contribution in [3.8, 4) is 0 Å². The number of hydrogen-bond donors (Lipinski definition) is 1. The lowest BCUT2D eigenvalue weighted by Crippen LogP contribution is -2.40. The fourth-order valence-corrected chi connectivity index (χ4v) is 3.55. The molecule has 1 aliphatic carbocycles. The zero-order valence-electron chi connectivity index (χ0n) is 10.4. The van der Waals surface area contributed by atoms with Crippen molar-refractivity contribution in [3.63, 3.8) is 0 Å². The van der Waals surface area contributed by atoms with E-state index in [1.165, 1.54) is 11.1 Å². The highest BCUT2D eigenvalue weighted by atomic mass is 32.2. The first kappa shape index (κ1) is 12.8. The Morgan fingerprint density at radius 3 is 2.89 bits per heavy atom. The highest BCUT2D eigenvalue weighted by Gasteiger charge is 2.38. The largest absolute Gasteiger partial charge is 0.760 e. The van der Waals surface area contributed by atoms with Crippen molar-refractivity contribution < 1.29 is 13.6 Å². The maximum Gasteiger partial charge on any atom is 0.241 e. The Hall–Kier alpha value is -1.24. The van der Waals surface area contributed by atoms with E-state index in [9.17, 15) is 13.6 Å². The minimum Gasteiger partial charge on any atom is -0.760 e. The Morgan fingerprint density at radius 2 is 2.11 bits per heavy atom. The average Bonchev–Trinajstić information content (AvgIpc) is 2.94. The molecule has 0 bridgehead atoms. The number of likely N-dealkylation sites (tertiary alicyclic amines) is 1. The van der Waals surface area contributed by atoms with Crippen molar-refractivity contribution in [2.24, 2.45) is 0 Å². The summed E-state index contributed by atoms with van der Waals surface area (Å²) in [6, 6.07) is 7.67. The predicted molar refractivity (Wildman–Crippen MR) is 69.7 cm³/mol. The molecule has 2 aliphatic rings. The van der Waals surface area contributed by atoms with Crippen LogP contribution in [0.3, 0.4) is 0 Å². The van der Waals surface area contributed by atoms with E-state index in [2.05, 4.69) is 16.9 Å². The van der Waals surface area contributed by atoms with Gasteiger partial charge in [-0.15, -0.1) is 0 Å². The number of benzene rings is 1. The Bertz CT molecular complexity index is 534. The van der Waals surface area contributed by atoms with E-state index in [-0.39, 0.29) is 11.9 Å².